The van der Waals surface area contributed by atoms with Gasteiger partial charge in [0.2, 0.25) is 11.2 Å². The van der Waals surface area contributed by atoms with Crippen LogP contribution in [-0.2, 0) is 11.3 Å². The van der Waals surface area contributed by atoms with E-state index >= 15 is 0 Å². The topological polar surface area (TPSA) is 94.8 Å². The summed E-state index contributed by atoms with van der Waals surface area (Å²) in [5.41, 5.74) is 1.16. The molecule has 34 heavy (non-hydrogen) atoms. The molecule has 0 amide bonds. The van der Waals surface area contributed by atoms with Gasteiger partial charge in [0.25, 0.3) is 0 Å². The Hall–Kier alpha value is -3.36. The minimum Gasteiger partial charge on any atom is -0.507 e. The van der Waals surface area contributed by atoms with Crippen molar-refractivity contribution in [2.45, 2.75) is 26.8 Å². The van der Waals surface area contributed by atoms with Crippen LogP contribution in [0.25, 0.3) is 11.0 Å². The van der Waals surface area contributed by atoms with E-state index in [9.17, 15) is 14.7 Å². The smallest absolute Gasteiger partial charge is 0.338 e. The van der Waals surface area contributed by atoms with Crippen molar-refractivity contribution in [2.24, 2.45) is 0 Å². The van der Waals surface area contributed by atoms with Crippen LogP contribution in [0.3, 0.4) is 0 Å². The summed E-state index contributed by atoms with van der Waals surface area (Å²) in [5, 5.41) is 10.9. The summed E-state index contributed by atoms with van der Waals surface area (Å²) in [7, 11) is 2.18. The number of esters is 1. The van der Waals surface area contributed by atoms with Crippen LogP contribution < -0.4 is 20.0 Å². The highest BCUT2D eigenvalue weighted by Crippen LogP contribution is 2.30. The fourth-order valence-corrected chi connectivity index (χ4v) is 4.20. The van der Waals surface area contributed by atoms with Gasteiger partial charge in [0.1, 0.15) is 50.0 Å². The number of hydrogen-bond acceptors (Lipinski definition) is 6. The Morgan fingerprint density at radius 1 is 1.09 bits per heavy atom. The van der Waals surface area contributed by atoms with Crippen LogP contribution in [0.15, 0.2) is 45.6 Å². The van der Waals surface area contributed by atoms with Gasteiger partial charge >= 0.3 is 5.97 Å². The number of aromatic hydroxyl groups is 1. The van der Waals surface area contributed by atoms with E-state index in [0.717, 1.165) is 32.6 Å². The van der Waals surface area contributed by atoms with Crippen molar-refractivity contribution >= 4 is 16.9 Å². The van der Waals surface area contributed by atoms with Gasteiger partial charge in [-0.25, -0.2) is 4.79 Å². The predicted octanol–water partition coefficient (Wildman–Crippen LogP) is 1.08. The maximum absolute atomic E-state index is 13.3. The molecule has 2 heterocycles. The van der Waals surface area contributed by atoms with Crippen LogP contribution in [0, 0.1) is 6.92 Å². The van der Waals surface area contributed by atoms with E-state index in [0.29, 0.717) is 46.8 Å². The first-order valence-corrected chi connectivity index (χ1v) is 11.8. The second-order valence-corrected chi connectivity index (χ2v) is 8.90. The van der Waals surface area contributed by atoms with E-state index in [1.165, 1.54) is 9.80 Å². The summed E-state index contributed by atoms with van der Waals surface area (Å²) in [6.45, 7) is 8.68. The van der Waals surface area contributed by atoms with Crippen LogP contribution in [0.5, 0.6) is 17.2 Å². The van der Waals surface area contributed by atoms with Gasteiger partial charge in [0.15, 0.2) is 5.58 Å². The number of carbonyl (C=O) groups is 1. The van der Waals surface area contributed by atoms with Gasteiger partial charge in [-0.05, 0) is 49.7 Å². The molecule has 8 nitrogen and oxygen atoms in total. The summed E-state index contributed by atoms with van der Waals surface area (Å²) in [4.78, 5) is 28.1. The van der Waals surface area contributed by atoms with Crippen LogP contribution in [0.1, 0.15) is 35.0 Å². The van der Waals surface area contributed by atoms with E-state index in [1.54, 1.807) is 43.3 Å². The average molecular weight is 469 g/mol. The van der Waals surface area contributed by atoms with E-state index in [2.05, 4.69) is 7.05 Å². The SMILES string of the molecule is CCCOC(=O)c1ccc(Oc2c(C)oc3c(C[NH+]4CC[NH+](C)CC4)c(O)ccc3c2=O)cc1. The third kappa shape index (κ3) is 5.08. The maximum atomic E-state index is 13.3. The average Bonchev–Trinajstić information content (AvgIpc) is 2.83. The molecule has 0 bridgehead atoms. The number of phenolic OH excluding ortho intramolecular Hbond substituents is 1. The number of benzene rings is 2. The van der Waals surface area contributed by atoms with Gasteiger partial charge < -0.3 is 28.8 Å². The lowest BCUT2D eigenvalue weighted by Gasteiger charge is -2.27. The zero-order valence-corrected chi connectivity index (χ0v) is 19.9. The summed E-state index contributed by atoms with van der Waals surface area (Å²) in [5.74, 6) is 0.554. The minimum absolute atomic E-state index is 0.0843. The molecule has 0 aliphatic carbocycles. The third-order valence-corrected chi connectivity index (χ3v) is 6.25. The van der Waals surface area contributed by atoms with Gasteiger partial charge in [-0.15, -0.1) is 0 Å². The Bertz CT molecular complexity index is 1230. The molecule has 3 N–H and O–H groups in total. The molecule has 0 atom stereocenters. The van der Waals surface area contributed by atoms with Gasteiger partial charge in [-0.3, -0.25) is 4.79 Å². The first kappa shape index (κ1) is 23.8. The molecular formula is C26H32N2O6+2. The quantitative estimate of drug-likeness (QED) is 0.450. The molecule has 2 aromatic carbocycles. The highest BCUT2D eigenvalue weighted by atomic mass is 16.5. The Morgan fingerprint density at radius 3 is 2.47 bits per heavy atom. The number of quaternary nitrogens is 2. The highest BCUT2D eigenvalue weighted by Gasteiger charge is 2.25. The molecule has 0 spiro atoms. The maximum Gasteiger partial charge on any atom is 0.338 e. The Morgan fingerprint density at radius 2 is 1.79 bits per heavy atom. The number of likely N-dealkylation sites (N-methyl/N-ethyl adjacent to an activating group) is 1. The number of rotatable bonds is 7. The number of nitrogens with one attached hydrogen (secondary N) is 2. The van der Waals surface area contributed by atoms with E-state index < -0.39 is 5.97 Å². The fraction of sp³-hybridized carbons (Fsp3) is 0.385. The van der Waals surface area contributed by atoms with Crippen LogP contribution in [0.2, 0.25) is 0 Å². The molecule has 180 valence electrons. The van der Waals surface area contributed by atoms with Crippen LogP contribution in [-0.4, -0.2) is 50.9 Å². The molecule has 1 aromatic heterocycles. The van der Waals surface area contributed by atoms with E-state index in [-0.39, 0.29) is 16.9 Å². The molecule has 1 aliphatic heterocycles. The Balaban J connectivity index is 1.61. The molecule has 1 saturated heterocycles. The van der Waals surface area contributed by atoms with Gasteiger partial charge in [-0.1, -0.05) is 6.92 Å². The van der Waals surface area contributed by atoms with Crippen molar-refractivity contribution in [2.75, 3.05) is 39.8 Å². The van der Waals surface area contributed by atoms with E-state index in [1.807, 2.05) is 6.92 Å². The van der Waals surface area contributed by atoms with Crippen molar-refractivity contribution in [3.8, 4) is 17.2 Å². The van der Waals surface area contributed by atoms with Crippen LogP contribution >= 0.6 is 0 Å². The van der Waals surface area contributed by atoms with Gasteiger partial charge in [0.05, 0.1) is 30.2 Å². The lowest BCUT2D eigenvalue weighted by molar-refractivity contribution is -1.01. The number of piperazine rings is 1. The number of phenols is 1. The number of carbonyl (C=O) groups excluding carboxylic acids is 1. The minimum atomic E-state index is -0.397. The summed E-state index contributed by atoms with van der Waals surface area (Å²) in [6.07, 6.45) is 0.751. The highest BCUT2D eigenvalue weighted by molar-refractivity contribution is 5.89. The zero-order chi connectivity index (χ0) is 24.2. The Labute approximate surface area is 198 Å². The third-order valence-electron chi connectivity index (χ3n) is 6.25. The predicted molar refractivity (Wildman–Crippen MR) is 127 cm³/mol. The number of hydrogen-bond donors (Lipinski definition) is 3. The standard InChI is InChI=1S/C26H30N2O6/c1-4-15-32-26(31)18-5-7-19(8-6-18)34-24-17(2)33-25-20(23(24)30)9-10-22(29)21(25)16-28-13-11-27(3)12-14-28/h5-10,29H,4,11-16H2,1-3H3/p+2. The molecule has 1 aliphatic rings. The molecule has 4 rings (SSSR count). The molecule has 3 aromatic rings. The first-order valence-electron chi connectivity index (χ1n) is 11.8. The second-order valence-electron chi connectivity index (χ2n) is 8.90. The summed E-state index contributed by atoms with van der Waals surface area (Å²) < 4.78 is 17.1. The lowest BCUT2D eigenvalue weighted by Crippen LogP contribution is -3.26. The van der Waals surface area contributed by atoms with Crippen molar-refractivity contribution < 1.29 is 33.6 Å². The zero-order valence-electron chi connectivity index (χ0n) is 19.9. The first-order chi connectivity index (χ1) is 16.4. The second kappa shape index (κ2) is 10.3. The normalized spacial score (nSPS) is 18.1. The lowest BCUT2D eigenvalue weighted by atomic mass is 10.1. The number of ether oxygens (including phenoxy) is 2. The molecule has 0 radical (unpaired) electrons. The summed E-state index contributed by atoms with van der Waals surface area (Å²) >= 11 is 0. The van der Waals surface area contributed by atoms with Gasteiger partial charge in [-0.2, -0.15) is 0 Å². The number of aryl methyl sites for hydroxylation is 1. The van der Waals surface area contributed by atoms with Crippen molar-refractivity contribution in [1.29, 1.82) is 0 Å². The van der Waals surface area contributed by atoms with Gasteiger partial charge in [0, 0.05) is 0 Å². The summed E-state index contributed by atoms with van der Waals surface area (Å²) in [6, 6.07) is 9.55. The van der Waals surface area contributed by atoms with Crippen molar-refractivity contribution in [3.05, 3.63) is 63.5 Å². The monoisotopic (exact) mass is 468 g/mol. The molecule has 0 saturated carbocycles. The molecule has 1 fully saturated rings. The van der Waals surface area contributed by atoms with Crippen LogP contribution in [0.4, 0.5) is 0 Å². The van der Waals surface area contributed by atoms with E-state index in [4.69, 9.17) is 13.9 Å². The molecular weight excluding hydrogens is 436 g/mol. The molecule has 0 unspecified atom stereocenters. The number of fused-ring (bicyclic) bond motifs is 1. The van der Waals surface area contributed by atoms with Crippen molar-refractivity contribution in [1.82, 2.24) is 0 Å². The van der Waals surface area contributed by atoms with Crippen molar-refractivity contribution in [3.63, 3.8) is 0 Å². The molecule has 8 heteroatoms. The fourth-order valence-electron chi connectivity index (χ4n) is 4.20. The largest absolute Gasteiger partial charge is 0.507 e. The Kier molecular flexibility index (Phi) is 7.19.